The lowest BCUT2D eigenvalue weighted by molar-refractivity contribution is -0.152. The van der Waals surface area contributed by atoms with Gasteiger partial charge in [0.15, 0.2) is 0 Å². The lowest BCUT2D eigenvalue weighted by Crippen LogP contribution is -2.36. The summed E-state index contributed by atoms with van der Waals surface area (Å²) < 4.78 is 4.91. The monoisotopic (exact) mass is 338 g/mol. The minimum absolute atomic E-state index is 0.0857. The third-order valence-electron chi connectivity index (χ3n) is 4.63. The van der Waals surface area contributed by atoms with Crippen LogP contribution < -0.4 is 5.32 Å². The molecule has 0 unspecified atom stereocenters. The SMILES string of the molecule is COC(=O)[C@]1(C)CN(CCC(=O)Nc2ccccc2Cl)C[C@H]1C. The molecule has 1 aromatic rings. The Labute approximate surface area is 141 Å². The quantitative estimate of drug-likeness (QED) is 0.839. The molecule has 2 atom stereocenters. The van der Waals surface area contributed by atoms with Gasteiger partial charge in [-0.3, -0.25) is 9.59 Å². The third kappa shape index (κ3) is 4.03. The zero-order valence-corrected chi connectivity index (χ0v) is 14.5. The Morgan fingerprint density at radius 3 is 2.78 bits per heavy atom. The molecule has 0 bridgehead atoms. The van der Waals surface area contributed by atoms with Crippen LogP contribution in [0.4, 0.5) is 5.69 Å². The van der Waals surface area contributed by atoms with Crippen LogP contribution in [0.15, 0.2) is 24.3 Å². The van der Waals surface area contributed by atoms with Gasteiger partial charge in [-0.1, -0.05) is 30.7 Å². The Kier molecular flexibility index (Phi) is 5.65. The van der Waals surface area contributed by atoms with Crippen LogP contribution in [0, 0.1) is 11.3 Å². The van der Waals surface area contributed by atoms with Crippen molar-refractivity contribution < 1.29 is 14.3 Å². The first-order chi connectivity index (χ1) is 10.9. The largest absolute Gasteiger partial charge is 0.469 e. The Bertz CT molecular complexity index is 593. The van der Waals surface area contributed by atoms with E-state index in [0.29, 0.717) is 30.2 Å². The lowest BCUT2D eigenvalue weighted by atomic mass is 9.81. The van der Waals surface area contributed by atoms with Gasteiger partial charge in [0.2, 0.25) is 5.91 Å². The summed E-state index contributed by atoms with van der Waals surface area (Å²) in [4.78, 5) is 26.2. The van der Waals surface area contributed by atoms with Crippen LogP contribution in [0.2, 0.25) is 5.02 Å². The zero-order valence-electron chi connectivity index (χ0n) is 13.8. The molecule has 1 amide bonds. The summed E-state index contributed by atoms with van der Waals surface area (Å²) in [6, 6.07) is 7.15. The number of anilines is 1. The number of nitrogens with zero attached hydrogens (tertiary/aromatic N) is 1. The van der Waals surface area contributed by atoms with Crippen molar-refractivity contribution in [1.82, 2.24) is 4.90 Å². The van der Waals surface area contributed by atoms with Crippen LogP contribution in [0.5, 0.6) is 0 Å². The number of methoxy groups -OCH3 is 1. The van der Waals surface area contributed by atoms with E-state index in [-0.39, 0.29) is 17.8 Å². The number of rotatable bonds is 5. The number of hydrogen-bond acceptors (Lipinski definition) is 4. The highest BCUT2D eigenvalue weighted by Crippen LogP contribution is 2.36. The van der Waals surface area contributed by atoms with E-state index in [1.807, 2.05) is 26.0 Å². The van der Waals surface area contributed by atoms with Crippen molar-refractivity contribution in [1.29, 1.82) is 0 Å². The maximum Gasteiger partial charge on any atom is 0.313 e. The zero-order chi connectivity index (χ0) is 17.0. The highest BCUT2D eigenvalue weighted by atomic mass is 35.5. The maximum absolute atomic E-state index is 12.1. The second-order valence-corrected chi connectivity index (χ2v) is 6.73. The van der Waals surface area contributed by atoms with E-state index < -0.39 is 5.41 Å². The molecule has 1 aromatic carbocycles. The van der Waals surface area contributed by atoms with Gasteiger partial charge < -0.3 is 15.0 Å². The first-order valence-electron chi connectivity index (χ1n) is 7.72. The third-order valence-corrected chi connectivity index (χ3v) is 4.96. The predicted octanol–water partition coefficient (Wildman–Crippen LogP) is 2.80. The molecule has 6 heteroatoms. The van der Waals surface area contributed by atoms with Gasteiger partial charge in [0.05, 0.1) is 23.2 Å². The van der Waals surface area contributed by atoms with E-state index in [0.717, 1.165) is 6.54 Å². The molecule has 2 rings (SSSR count). The number of nitrogens with one attached hydrogen (secondary N) is 1. The van der Waals surface area contributed by atoms with E-state index in [1.165, 1.54) is 7.11 Å². The molecule has 1 aliphatic rings. The number of carbonyl (C=O) groups excluding carboxylic acids is 2. The number of hydrogen-bond donors (Lipinski definition) is 1. The molecule has 1 heterocycles. The maximum atomic E-state index is 12.1. The molecule has 0 aromatic heterocycles. The fourth-order valence-corrected chi connectivity index (χ4v) is 3.16. The van der Waals surface area contributed by atoms with Gasteiger partial charge in [-0.15, -0.1) is 0 Å². The Balaban J connectivity index is 1.86. The molecule has 0 radical (unpaired) electrons. The molecule has 0 saturated carbocycles. The summed E-state index contributed by atoms with van der Waals surface area (Å²) in [5, 5.41) is 3.33. The van der Waals surface area contributed by atoms with Crippen molar-refractivity contribution in [2.75, 3.05) is 32.1 Å². The van der Waals surface area contributed by atoms with Gasteiger partial charge in [0.1, 0.15) is 0 Å². The first-order valence-corrected chi connectivity index (χ1v) is 8.09. The van der Waals surface area contributed by atoms with Crippen LogP contribution in [0.1, 0.15) is 20.3 Å². The summed E-state index contributed by atoms with van der Waals surface area (Å²) in [5.41, 5.74) is 0.113. The van der Waals surface area contributed by atoms with E-state index in [9.17, 15) is 9.59 Å². The van der Waals surface area contributed by atoms with E-state index in [2.05, 4.69) is 10.2 Å². The normalized spacial score (nSPS) is 24.4. The average molecular weight is 339 g/mol. The summed E-state index contributed by atoms with van der Waals surface area (Å²) >= 11 is 6.03. The standard InChI is InChI=1S/C17H23ClN2O3/c1-12-10-20(11-17(12,2)16(22)23-3)9-8-15(21)19-14-7-5-4-6-13(14)18/h4-7,12H,8-11H2,1-3H3,(H,19,21)/t12-,17-/m1/s1. The second-order valence-electron chi connectivity index (χ2n) is 6.32. The Morgan fingerprint density at radius 1 is 1.43 bits per heavy atom. The topological polar surface area (TPSA) is 58.6 Å². The highest BCUT2D eigenvalue weighted by molar-refractivity contribution is 6.33. The number of likely N-dealkylation sites (tertiary alicyclic amines) is 1. The number of halogens is 1. The number of amides is 1. The molecule has 23 heavy (non-hydrogen) atoms. The summed E-state index contributed by atoms with van der Waals surface area (Å²) in [7, 11) is 1.42. The fourth-order valence-electron chi connectivity index (χ4n) is 2.98. The summed E-state index contributed by atoms with van der Waals surface area (Å²) in [6.45, 7) is 5.96. The summed E-state index contributed by atoms with van der Waals surface area (Å²) in [5.74, 6) is -0.0768. The molecular weight excluding hydrogens is 316 g/mol. The molecule has 0 spiro atoms. The molecule has 1 fully saturated rings. The molecule has 5 nitrogen and oxygen atoms in total. The van der Waals surface area contributed by atoms with Crippen molar-refractivity contribution in [2.24, 2.45) is 11.3 Å². The number of ether oxygens (including phenoxy) is 1. The molecule has 1 aliphatic heterocycles. The van der Waals surface area contributed by atoms with Crippen LogP contribution in [0.3, 0.4) is 0 Å². The number of benzene rings is 1. The van der Waals surface area contributed by atoms with E-state index >= 15 is 0 Å². The molecule has 0 aliphatic carbocycles. The van der Waals surface area contributed by atoms with Gasteiger partial charge in [-0.05, 0) is 25.0 Å². The summed E-state index contributed by atoms with van der Waals surface area (Å²) in [6.07, 6.45) is 0.356. The fraction of sp³-hybridized carbons (Fsp3) is 0.529. The second kappa shape index (κ2) is 7.32. The number of esters is 1. The average Bonchev–Trinajstić information content (AvgIpc) is 2.82. The van der Waals surface area contributed by atoms with Crippen molar-refractivity contribution in [2.45, 2.75) is 20.3 Å². The molecule has 126 valence electrons. The smallest absolute Gasteiger partial charge is 0.313 e. The van der Waals surface area contributed by atoms with Crippen molar-refractivity contribution in [3.05, 3.63) is 29.3 Å². The van der Waals surface area contributed by atoms with Crippen LogP contribution in [-0.4, -0.2) is 43.5 Å². The number of carbonyl (C=O) groups is 2. The first kappa shape index (κ1) is 17.8. The predicted molar refractivity (Wildman–Crippen MR) is 90.4 cm³/mol. The van der Waals surface area contributed by atoms with Crippen LogP contribution in [0.25, 0.3) is 0 Å². The highest BCUT2D eigenvalue weighted by Gasteiger charge is 2.46. The van der Waals surface area contributed by atoms with Crippen LogP contribution >= 0.6 is 11.6 Å². The minimum Gasteiger partial charge on any atom is -0.469 e. The van der Waals surface area contributed by atoms with E-state index in [1.54, 1.807) is 12.1 Å². The van der Waals surface area contributed by atoms with Gasteiger partial charge in [-0.25, -0.2) is 0 Å². The van der Waals surface area contributed by atoms with Crippen molar-refractivity contribution in [3.63, 3.8) is 0 Å². The van der Waals surface area contributed by atoms with E-state index in [4.69, 9.17) is 16.3 Å². The van der Waals surface area contributed by atoms with Gasteiger partial charge in [0.25, 0.3) is 0 Å². The van der Waals surface area contributed by atoms with Gasteiger partial charge in [-0.2, -0.15) is 0 Å². The lowest BCUT2D eigenvalue weighted by Gasteiger charge is -2.24. The minimum atomic E-state index is -0.506. The molecule has 1 N–H and O–H groups in total. The van der Waals surface area contributed by atoms with Crippen LogP contribution in [-0.2, 0) is 14.3 Å². The number of para-hydroxylation sites is 1. The van der Waals surface area contributed by atoms with Gasteiger partial charge in [0, 0.05) is 26.1 Å². The molecular formula is C17H23ClN2O3. The van der Waals surface area contributed by atoms with Gasteiger partial charge >= 0.3 is 5.97 Å². The van der Waals surface area contributed by atoms with Crippen molar-refractivity contribution in [3.8, 4) is 0 Å². The molecule has 1 saturated heterocycles. The Hall–Kier alpha value is -1.59. The Morgan fingerprint density at radius 2 is 2.13 bits per heavy atom. The van der Waals surface area contributed by atoms with Crippen molar-refractivity contribution >= 4 is 29.2 Å².